The maximum atomic E-state index is 11.6. The summed E-state index contributed by atoms with van der Waals surface area (Å²) in [7, 11) is 0. The van der Waals surface area contributed by atoms with Crippen LogP contribution in [0, 0.1) is 11.8 Å². The minimum Gasteiger partial charge on any atom is -0.356 e. The van der Waals surface area contributed by atoms with E-state index in [2.05, 4.69) is 12.2 Å². The number of rotatable bonds is 7. The zero-order chi connectivity index (χ0) is 11.0. The Morgan fingerprint density at radius 2 is 2.00 bits per heavy atom. The van der Waals surface area contributed by atoms with Crippen molar-refractivity contribution in [1.82, 2.24) is 5.32 Å². The third-order valence-corrected chi connectivity index (χ3v) is 2.48. The number of carbonyl (C=O) groups is 1. The molecule has 3 N–H and O–H groups in total. The summed E-state index contributed by atoms with van der Waals surface area (Å²) in [6.07, 6.45) is 3.42. The Labute approximate surface area is 87.4 Å². The molecule has 3 nitrogen and oxygen atoms in total. The van der Waals surface area contributed by atoms with Crippen LogP contribution in [-0.4, -0.2) is 19.0 Å². The number of hydrogen-bond acceptors (Lipinski definition) is 2. The van der Waals surface area contributed by atoms with E-state index in [9.17, 15) is 4.79 Å². The molecule has 3 heteroatoms. The molecule has 0 rings (SSSR count). The fraction of sp³-hybridized carbons (Fsp3) is 0.909. The number of nitrogens with one attached hydrogen (secondary N) is 1. The van der Waals surface area contributed by atoms with Gasteiger partial charge in [-0.25, -0.2) is 0 Å². The third kappa shape index (κ3) is 5.22. The SMILES string of the molecule is CCCCCNC(=O)C(CN)C(C)C. The van der Waals surface area contributed by atoms with E-state index in [0.717, 1.165) is 13.0 Å². The van der Waals surface area contributed by atoms with Gasteiger partial charge in [0.25, 0.3) is 0 Å². The van der Waals surface area contributed by atoms with E-state index < -0.39 is 0 Å². The lowest BCUT2D eigenvalue weighted by atomic mass is 9.95. The van der Waals surface area contributed by atoms with Gasteiger partial charge in [-0.3, -0.25) is 4.79 Å². The van der Waals surface area contributed by atoms with E-state index in [1.807, 2.05) is 13.8 Å². The molecule has 0 saturated carbocycles. The molecule has 0 heterocycles. The van der Waals surface area contributed by atoms with Crippen LogP contribution in [0.4, 0.5) is 0 Å². The molecule has 0 aromatic heterocycles. The van der Waals surface area contributed by atoms with Gasteiger partial charge in [-0.2, -0.15) is 0 Å². The summed E-state index contributed by atoms with van der Waals surface area (Å²) >= 11 is 0. The van der Waals surface area contributed by atoms with E-state index >= 15 is 0 Å². The largest absolute Gasteiger partial charge is 0.356 e. The molecular formula is C11H24N2O. The average Bonchev–Trinajstić information content (AvgIpc) is 2.13. The van der Waals surface area contributed by atoms with Crippen LogP contribution in [0.15, 0.2) is 0 Å². The second kappa shape index (κ2) is 7.80. The van der Waals surface area contributed by atoms with E-state index in [-0.39, 0.29) is 11.8 Å². The summed E-state index contributed by atoms with van der Waals surface area (Å²) in [5.41, 5.74) is 5.54. The standard InChI is InChI=1S/C11H24N2O/c1-4-5-6-7-13-11(14)10(8-12)9(2)3/h9-10H,4-8,12H2,1-3H3,(H,13,14). The van der Waals surface area contributed by atoms with Crippen LogP contribution in [0.2, 0.25) is 0 Å². The molecule has 84 valence electrons. The minimum atomic E-state index is -0.0309. The summed E-state index contributed by atoms with van der Waals surface area (Å²) in [4.78, 5) is 11.6. The van der Waals surface area contributed by atoms with Crippen LogP contribution in [-0.2, 0) is 4.79 Å². The van der Waals surface area contributed by atoms with Crippen molar-refractivity contribution in [2.24, 2.45) is 17.6 Å². The van der Waals surface area contributed by atoms with Gasteiger partial charge < -0.3 is 11.1 Å². The normalized spacial score (nSPS) is 12.9. The van der Waals surface area contributed by atoms with E-state index in [4.69, 9.17) is 5.73 Å². The van der Waals surface area contributed by atoms with Crippen LogP contribution in [0.25, 0.3) is 0 Å². The zero-order valence-electron chi connectivity index (χ0n) is 9.68. The molecule has 0 radical (unpaired) electrons. The smallest absolute Gasteiger partial charge is 0.224 e. The van der Waals surface area contributed by atoms with Gasteiger partial charge in [0.15, 0.2) is 0 Å². The Bertz CT molecular complexity index is 157. The summed E-state index contributed by atoms with van der Waals surface area (Å²) < 4.78 is 0. The summed E-state index contributed by atoms with van der Waals surface area (Å²) in [5, 5.41) is 2.93. The Morgan fingerprint density at radius 1 is 1.36 bits per heavy atom. The maximum Gasteiger partial charge on any atom is 0.224 e. The van der Waals surface area contributed by atoms with Gasteiger partial charge in [0.05, 0.1) is 5.92 Å². The number of unbranched alkanes of at least 4 members (excludes halogenated alkanes) is 2. The molecule has 1 atom stereocenters. The van der Waals surface area contributed by atoms with Crippen molar-refractivity contribution in [3.05, 3.63) is 0 Å². The van der Waals surface area contributed by atoms with Crippen molar-refractivity contribution in [3.63, 3.8) is 0 Å². The lowest BCUT2D eigenvalue weighted by Gasteiger charge is -2.18. The van der Waals surface area contributed by atoms with Gasteiger partial charge >= 0.3 is 0 Å². The van der Waals surface area contributed by atoms with Crippen LogP contribution in [0.3, 0.4) is 0 Å². The monoisotopic (exact) mass is 200 g/mol. The number of hydrogen-bond donors (Lipinski definition) is 2. The van der Waals surface area contributed by atoms with E-state index in [1.165, 1.54) is 12.8 Å². The molecule has 1 amide bonds. The minimum absolute atomic E-state index is 0.0309. The van der Waals surface area contributed by atoms with E-state index in [1.54, 1.807) is 0 Å². The lowest BCUT2D eigenvalue weighted by molar-refractivity contribution is -0.125. The molecule has 0 saturated heterocycles. The second-order valence-electron chi connectivity index (χ2n) is 4.08. The first kappa shape index (κ1) is 13.4. The van der Waals surface area contributed by atoms with Crippen molar-refractivity contribution in [2.45, 2.75) is 40.0 Å². The first-order valence-corrected chi connectivity index (χ1v) is 5.61. The first-order chi connectivity index (χ1) is 6.63. The van der Waals surface area contributed by atoms with Gasteiger partial charge in [-0.15, -0.1) is 0 Å². The highest BCUT2D eigenvalue weighted by molar-refractivity contribution is 5.79. The molecule has 0 aromatic rings. The highest BCUT2D eigenvalue weighted by Crippen LogP contribution is 2.08. The van der Waals surface area contributed by atoms with Crippen LogP contribution in [0.5, 0.6) is 0 Å². The van der Waals surface area contributed by atoms with Crippen LogP contribution in [0.1, 0.15) is 40.0 Å². The molecule has 0 aliphatic carbocycles. The van der Waals surface area contributed by atoms with Gasteiger partial charge in [0.1, 0.15) is 0 Å². The molecule has 0 aromatic carbocycles. The summed E-state index contributed by atoms with van der Waals surface area (Å²) in [5.74, 6) is 0.404. The fourth-order valence-electron chi connectivity index (χ4n) is 1.40. The van der Waals surface area contributed by atoms with Gasteiger partial charge in [-0.1, -0.05) is 33.6 Å². The maximum absolute atomic E-state index is 11.6. The van der Waals surface area contributed by atoms with Crippen molar-refractivity contribution < 1.29 is 4.79 Å². The zero-order valence-corrected chi connectivity index (χ0v) is 9.68. The molecule has 0 spiro atoms. The highest BCUT2D eigenvalue weighted by atomic mass is 16.1. The lowest BCUT2D eigenvalue weighted by Crippen LogP contribution is -2.38. The average molecular weight is 200 g/mol. The first-order valence-electron chi connectivity index (χ1n) is 5.61. The fourth-order valence-corrected chi connectivity index (χ4v) is 1.40. The van der Waals surface area contributed by atoms with Crippen molar-refractivity contribution in [2.75, 3.05) is 13.1 Å². The Hall–Kier alpha value is -0.570. The number of carbonyl (C=O) groups excluding carboxylic acids is 1. The Kier molecular flexibility index (Phi) is 7.48. The molecule has 1 unspecified atom stereocenters. The summed E-state index contributed by atoms with van der Waals surface area (Å²) in [6, 6.07) is 0. The van der Waals surface area contributed by atoms with Gasteiger partial charge in [0, 0.05) is 13.1 Å². The van der Waals surface area contributed by atoms with Crippen LogP contribution < -0.4 is 11.1 Å². The number of amides is 1. The van der Waals surface area contributed by atoms with Crippen LogP contribution >= 0.6 is 0 Å². The third-order valence-electron chi connectivity index (χ3n) is 2.48. The Morgan fingerprint density at radius 3 is 2.43 bits per heavy atom. The molecule has 0 fully saturated rings. The van der Waals surface area contributed by atoms with Crippen molar-refractivity contribution in [1.29, 1.82) is 0 Å². The predicted octanol–water partition coefficient (Wildman–Crippen LogP) is 1.52. The molecule has 0 aliphatic rings. The quantitative estimate of drug-likeness (QED) is 0.612. The van der Waals surface area contributed by atoms with Gasteiger partial charge in [-0.05, 0) is 12.3 Å². The number of nitrogens with two attached hydrogens (primary N) is 1. The molecule has 0 bridgehead atoms. The molecular weight excluding hydrogens is 176 g/mol. The summed E-state index contributed by atoms with van der Waals surface area (Å²) in [6.45, 7) is 7.44. The predicted molar refractivity (Wildman–Crippen MR) is 59.9 cm³/mol. The highest BCUT2D eigenvalue weighted by Gasteiger charge is 2.19. The van der Waals surface area contributed by atoms with Gasteiger partial charge in [0.2, 0.25) is 5.91 Å². The van der Waals surface area contributed by atoms with E-state index in [0.29, 0.717) is 12.5 Å². The van der Waals surface area contributed by atoms with Crippen molar-refractivity contribution in [3.8, 4) is 0 Å². The molecule has 14 heavy (non-hydrogen) atoms. The second-order valence-corrected chi connectivity index (χ2v) is 4.08. The van der Waals surface area contributed by atoms with Crippen molar-refractivity contribution >= 4 is 5.91 Å². The Balaban J connectivity index is 3.70. The topological polar surface area (TPSA) is 55.1 Å². The molecule has 0 aliphatic heterocycles.